The Morgan fingerprint density at radius 2 is 2.11 bits per heavy atom. The van der Waals surface area contributed by atoms with E-state index in [1.54, 1.807) is 6.33 Å². The molecule has 0 N–H and O–H groups in total. The molecule has 2 atom stereocenters. The first-order valence-corrected chi connectivity index (χ1v) is 10.8. The Balaban J connectivity index is 1.61. The summed E-state index contributed by atoms with van der Waals surface area (Å²) >= 11 is 1.84. The van der Waals surface area contributed by atoms with Gasteiger partial charge in [-0.25, -0.2) is 14.5 Å². The van der Waals surface area contributed by atoms with E-state index in [2.05, 4.69) is 32.8 Å². The first-order chi connectivity index (χ1) is 13.3. The van der Waals surface area contributed by atoms with Gasteiger partial charge >= 0.3 is 0 Å². The molecule has 1 aliphatic rings. The lowest BCUT2D eigenvalue weighted by atomic mass is 9.72. The van der Waals surface area contributed by atoms with Crippen LogP contribution in [0.4, 0.5) is 0 Å². The molecule has 4 aromatic rings. The summed E-state index contributed by atoms with van der Waals surface area (Å²) in [4.78, 5) is 12.2. The van der Waals surface area contributed by atoms with Crippen molar-refractivity contribution < 1.29 is 0 Å². The number of rotatable bonds is 2. The zero-order valence-electron chi connectivity index (χ0n) is 17.1. The van der Waals surface area contributed by atoms with Crippen LogP contribution in [0.2, 0.25) is 0 Å². The number of nitrogens with zero attached hydrogens (tertiary/aromatic N) is 6. The number of hydrogen-bond donors (Lipinski definition) is 0. The van der Waals surface area contributed by atoms with Crippen molar-refractivity contribution in [3.63, 3.8) is 0 Å². The van der Waals surface area contributed by atoms with Gasteiger partial charge in [0.1, 0.15) is 17.2 Å². The number of aryl methyl sites for hydroxylation is 2. The second kappa shape index (κ2) is 6.11. The molecule has 2 unspecified atom stereocenters. The van der Waals surface area contributed by atoms with E-state index in [-0.39, 0.29) is 6.04 Å². The Hall–Kier alpha value is -2.28. The molecule has 0 saturated carbocycles. The van der Waals surface area contributed by atoms with Crippen LogP contribution in [-0.2, 0) is 12.8 Å². The lowest BCUT2D eigenvalue weighted by molar-refractivity contribution is 0.218. The van der Waals surface area contributed by atoms with Crippen molar-refractivity contribution in [3.05, 3.63) is 40.5 Å². The van der Waals surface area contributed by atoms with E-state index in [4.69, 9.17) is 15.1 Å². The maximum absolute atomic E-state index is 4.93. The van der Waals surface area contributed by atoms with Gasteiger partial charge in [0.15, 0.2) is 11.5 Å². The maximum Gasteiger partial charge on any atom is 0.176 e. The quantitative estimate of drug-likeness (QED) is 0.498. The molecule has 7 heteroatoms. The predicted octanol–water partition coefficient (Wildman–Crippen LogP) is 4.60. The predicted molar refractivity (Wildman–Crippen MR) is 112 cm³/mol. The van der Waals surface area contributed by atoms with Crippen LogP contribution in [0, 0.1) is 18.3 Å². The van der Waals surface area contributed by atoms with Gasteiger partial charge in [0, 0.05) is 11.1 Å². The summed E-state index contributed by atoms with van der Waals surface area (Å²) in [5.74, 6) is 1.50. The summed E-state index contributed by atoms with van der Waals surface area (Å²) in [5, 5.41) is 10.4. The molecule has 28 heavy (non-hydrogen) atoms. The summed E-state index contributed by atoms with van der Waals surface area (Å²) in [6, 6.07) is -0.0108. The van der Waals surface area contributed by atoms with Crippen LogP contribution < -0.4 is 0 Å². The van der Waals surface area contributed by atoms with Crippen molar-refractivity contribution in [2.45, 2.75) is 59.9 Å². The van der Waals surface area contributed by atoms with E-state index >= 15 is 0 Å². The standard InChI is InChI=1S/C21H26N6S/c1-12-9-23-26(10-12)13(2)18-24-19-17-15-7-6-14(21(3,4)5)8-16(15)28-20(17)22-11-27(19)25-18/h9-11,13-14H,6-8H2,1-5H3. The topological polar surface area (TPSA) is 60.9 Å². The largest absolute Gasteiger partial charge is 0.262 e. The van der Waals surface area contributed by atoms with Crippen molar-refractivity contribution in [1.82, 2.24) is 29.4 Å². The summed E-state index contributed by atoms with van der Waals surface area (Å²) in [7, 11) is 0. The van der Waals surface area contributed by atoms with Crippen LogP contribution in [0.25, 0.3) is 15.9 Å². The summed E-state index contributed by atoms with van der Waals surface area (Å²) < 4.78 is 3.76. The highest BCUT2D eigenvalue weighted by molar-refractivity contribution is 7.19. The van der Waals surface area contributed by atoms with E-state index < -0.39 is 0 Å². The molecule has 0 fully saturated rings. The number of thiophene rings is 1. The second-order valence-corrected chi connectivity index (χ2v) is 10.2. The third-order valence-corrected chi connectivity index (χ3v) is 7.29. The van der Waals surface area contributed by atoms with Crippen LogP contribution in [0.1, 0.15) is 62.0 Å². The van der Waals surface area contributed by atoms with E-state index in [1.807, 2.05) is 39.9 Å². The van der Waals surface area contributed by atoms with Crippen molar-refractivity contribution in [2.75, 3.05) is 0 Å². The third-order valence-electron chi connectivity index (χ3n) is 6.13. The highest BCUT2D eigenvalue weighted by atomic mass is 32.1. The van der Waals surface area contributed by atoms with Crippen molar-refractivity contribution in [3.8, 4) is 0 Å². The normalized spacial score (nSPS) is 18.7. The molecule has 0 radical (unpaired) electrons. The lowest BCUT2D eigenvalue weighted by Gasteiger charge is -2.33. The first kappa shape index (κ1) is 17.8. The van der Waals surface area contributed by atoms with E-state index in [0.717, 1.165) is 40.6 Å². The fraction of sp³-hybridized carbons (Fsp3) is 0.524. The molecule has 0 aliphatic heterocycles. The molecule has 0 aromatic carbocycles. The molecule has 0 spiro atoms. The molecule has 146 valence electrons. The highest BCUT2D eigenvalue weighted by Crippen LogP contribution is 2.43. The van der Waals surface area contributed by atoms with Gasteiger partial charge < -0.3 is 0 Å². The van der Waals surface area contributed by atoms with Crippen molar-refractivity contribution in [2.24, 2.45) is 11.3 Å². The molecule has 0 saturated heterocycles. The SMILES string of the molecule is Cc1cnn(C(C)c2nc3c4c5c(sc4ncn3n2)CC(C(C)(C)C)CC5)c1. The zero-order valence-corrected chi connectivity index (χ0v) is 17.9. The Kier molecular flexibility index (Phi) is 3.88. The molecule has 0 amide bonds. The Morgan fingerprint density at radius 3 is 2.82 bits per heavy atom. The molecule has 6 nitrogen and oxygen atoms in total. The number of hydrogen-bond acceptors (Lipinski definition) is 5. The van der Waals surface area contributed by atoms with E-state index in [1.165, 1.54) is 22.2 Å². The maximum atomic E-state index is 4.93. The summed E-state index contributed by atoms with van der Waals surface area (Å²) in [6.07, 6.45) is 9.19. The van der Waals surface area contributed by atoms with Gasteiger partial charge in [-0.3, -0.25) is 4.68 Å². The number of aromatic nitrogens is 6. The third kappa shape index (κ3) is 2.75. The molecule has 0 bridgehead atoms. The molecule has 4 heterocycles. The van der Waals surface area contributed by atoms with Gasteiger partial charge in [0.05, 0.1) is 11.6 Å². The van der Waals surface area contributed by atoms with E-state index in [0.29, 0.717) is 5.41 Å². The van der Waals surface area contributed by atoms with E-state index in [9.17, 15) is 0 Å². The molecule has 5 rings (SSSR count). The first-order valence-electron chi connectivity index (χ1n) is 9.97. The Morgan fingerprint density at radius 1 is 1.29 bits per heavy atom. The fourth-order valence-electron chi connectivity index (χ4n) is 4.27. The number of fused-ring (bicyclic) bond motifs is 5. The lowest BCUT2D eigenvalue weighted by Crippen LogP contribution is -2.26. The summed E-state index contributed by atoms with van der Waals surface area (Å²) in [5.41, 5.74) is 3.86. The van der Waals surface area contributed by atoms with Gasteiger partial charge in [0.25, 0.3) is 0 Å². The molecule has 4 aromatic heterocycles. The molecule has 1 aliphatic carbocycles. The van der Waals surface area contributed by atoms with Crippen LogP contribution in [-0.4, -0.2) is 29.4 Å². The van der Waals surface area contributed by atoms with Crippen LogP contribution >= 0.6 is 11.3 Å². The molecular formula is C21H26N6S. The molecular weight excluding hydrogens is 368 g/mol. The van der Waals surface area contributed by atoms with Gasteiger partial charge in [-0.1, -0.05) is 20.8 Å². The van der Waals surface area contributed by atoms with Crippen LogP contribution in [0.3, 0.4) is 0 Å². The smallest absolute Gasteiger partial charge is 0.176 e. The Bertz CT molecular complexity index is 1180. The average Bonchev–Trinajstić information content (AvgIpc) is 3.34. The minimum absolute atomic E-state index is 0.0108. The minimum Gasteiger partial charge on any atom is -0.262 e. The average molecular weight is 395 g/mol. The van der Waals surface area contributed by atoms with Crippen LogP contribution in [0.15, 0.2) is 18.7 Å². The summed E-state index contributed by atoms with van der Waals surface area (Å²) in [6.45, 7) is 11.2. The van der Waals surface area contributed by atoms with Gasteiger partial charge in [-0.15, -0.1) is 16.4 Å². The monoisotopic (exact) mass is 394 g/mol. The zero-order chi connectivity index (χ0) is 19.6. The van der Waals surface area contributed by atoms with Gasteiger partial charge in [-0.05, 0) is 55.6 Å². The fourth-order valence-corrected chi connectivity index (χ4v) is 5.53. The van der Waals surface area contributed by atoms with Gasteiger partial charge in [-0.2, -0.15) is 5.10 Å². The van der Waals surface area contributed by atoms with Crippen LogP contribution in [0.5, 0.6) is 0 Å². The minimum atomic E-state index is -0.0108. The van der Waals surface area contributed by atoms with Crippen molar-refractivity contribution in [1.29, 1.82) is 0 Å². The van der Waals surface area contributed by atoms with Crippen molar-refractivity contribution >= 4 is 27.2 Å². The second-order valence-electron chi connectivity index (χ2n) is 9.15. The Labute approximate surface area is 168 Å². The van der Waals surface area contributed by atoms with Gasteiger partial charge in [0.2, 0.25) is 0 Å². The highest BCUT2D eigenvalue weighted by Gasteiger charge is 2.32.